The minimum Gasteiger partial charge on any atom is -0.508 e. The average Bonchev–Trinajstić information content (AvgIpc) is 2.92. The second kappa shape index (κ2) is 13.4. The van der Waals surface area contributed by atoms with Crippen LogP contribution in [0.15, 0.2) is 103 Å². The summed E-state index contributed by atoms with van der Waals surface area (Å²) >= 11 is 0. The lowest BCUT2D eigenvalue weighted by Crippen LogP contribution is -2.25. The van der Waals surface area contributed by atoms with E-state index in [2.05, 4.69) is 67.6 Å². The fourth-order valence-corrected chi connectivity index (χ4v) is 4.29. The zero-order chi connectivity index (χ0) is 25.0. The normalized spacial score (nSPS) is 15.9. The Hall–Kier alpha value is -3.56. The minimum atomic E-state index is 0.225. The number of phenolic OH excluding ortho intramolecular Hbond substituents is 1. The van der Waals surface area contributed by atoms with Gasteiger partial charge in [0.15, 0.2) is 0 Å². The SMILES string of the molecule is CC.COCc1ccc(C)cc1.Oc1ccc(C2c3ccccc3OCC2c2ccccc2)cc1. The summed E-state index contributed by atoms with van der Waals surface area (Å²) < 4.78 is 11.0. The van der Waals surface area contributed by atoms with Crippen molar-refractivity contribution in [2.45, 2.75) is 39.2 Å². The molecular weight excluding hydrogens is 432 g/mol. The molecule has 2 unspecified atom stereocenters. The Morgan fingerprint density at radius 3 is 2.06 bits per heavy atom. The van der Waals surface area contributed by atoms with Crippen molar-refractivity contribution in [3.8, 4) is 11.5 Å². The van der Waals surface area contributed by atoms with Crippen LogP contribution in [0.25, 0.3) is 0 Å². The van der Waals surface area contributed by atoms with Gasteiger partial charge in [-0.15, -0.1) is 0 Å². The summed E-state index contributed by atoms with van der Waals surface area (Å²) in [6.07, 6.45) is 0. The van der Waals surface area contributed by atoms with Gasteiger partial charge < -0.3 is 14.6 Å². The molecule has 0 spiro atoms. The molecule has 1 heterocycles. The van der Waals surface area contributed by atoms with Crippen LogP contribution in [0.1, 0.15) is 53.5 Å². The van der Waals surface area contributed by atoms with Crippen molar-refractivity contribution in [2.24, 2.45) is 0 Å². The topological polar surface area (TPSA) is 38.7 Å². The van der Waals surface area contributed by atoms with E-state index in [0.717, 1.165) is 5.75 Å². The summed E-state index contributed by atoms with van der Waals surface area (Å²) in [5.74, 6) is 1.74. The van der Waals surface area contributed by atoms with Crippen molar-refractivity contribution < 1.29 is 14.6 Å². The maximum Gasteiger partial charge on any atom is 0.123 e. The highest BCUT2D eigenvalue weighted by Gasteiger charge is 2.33. The van der Waals surface area contributed by atoms with Crippen molar-refractivity contribution >= 4 is 0 Å². The van der Waals surface area contributed by atoms with E-state index in [1.54, 1.807) is 19.2 Å². The molecule has 5 rings (SSSR count). The maximum atomic E-state index is 9.61. The molecule has 35 heavy (non-hydrogen) atoms. The van der Waals surface area contributed by atoms with Crippen LogP contribution in [-0.2, 0) is 11.3 Å². The molecule has 0 radical (unpaired) electrons. The van der Waals surface area contributed by atoms with Crippen molar-refractivity contribution in [1.29, 1.82) is 0 Å². The molecule has 0 saturated carbocycles. The summed E-state index contributed by atoms with van der Waals surface area (Å²) in [5, 5.41) is 9.61. The number of para-hydroxylation sites is 1. The van der Waals surface area contributed by atoms with Gasteiger partial charge in [0, 0.05) is 24.5 Å². The van der Waals surface area contributed by atoms with Crippen molar-refractivity contribution in [3.63, 3.8) is 0 Å². The molecule has 4 aromatic rings. The van der Waals surface area contributed by atoms with E-state index in [9.17, 15) is 5.11 Å². The molecule has 1 aliphatic heterocycles. The number of fused-ring (bicyclic) bond motifs is 1. The van der Waals surface area contributed by atoms with Crippen LogP contribution >= 0.6 is 0 Å². The number of hydrogen-bond donors (Lipinski definition) is 1. The van der Waals surface area contributed by atoms with E-state index in [1.807, 2.05) is 44.2 Å². The fourth-order valence-electron chi connectivity index (χ4n) is 4.29. The largest absolute Gasteiger partial charge is 0.508 e. The van der Waals surface area contributed by atoms with Crippen LogP contribution in [0.2, 0.25) is 0 Å². The average molecular weight is 469 g/mol. The third-order valence-corrected chi connectivity index (χ3v) is 5.99. The summed E-state index contributed by atoms with van der Waals surface area (Å²) in [6.45, 7) is 7.45. The number of hydrogen-bond acceptors (Lipinski definition) is 3. The number of rotatable bonds is 4. The van der Waals surface area contributed by atoms with Crippen LogP contribution in [0, 0.1) is 6.92 Å². The van der Waals surface area contributed by atoms with Crippen molar-refractivity contribution in [3.05, 3.63) is 131 Å². The third-order valence-electron chi connectivity index (χ3n) is 5.99. The highest BCUT2D eigenvalue weighted by Crippen LogP contribution is 2.45. The highest BCUT2D eigenvalue weighted by molar-refractivity contribution is 5.48. The van der Waals surface area contributed by atoms with E-state index >= 15 is 0 Å². The van der Waals surface area contributed by atoms with Gasteiger partial charge >= 0.3 is 0 Å². The molecular formula is C32H36O3. The van der Waals surface area contributed by atoms with Gasteiger partial charge in [-0.25, -0.2) is 0 Å². The van der Waals surface area contributed by atoms with Crippen LogP contribution in [0.5, 0.6) is 11.5 Å². The number of ether oxygens (including phenoxy) is 2. The lowest BCUT2D eigenvalue weighted by Gasteiger charge is -2.34. The van der Waals surface area contributed by atoms with Crippen molar-refractivity contribution in [2.75, 3.05) is 13.7 Å². The first kappa shape index (κ1) is 26.1. The predicted octanol–water partition coefficient (Wildman–Crippen LogP) is 7.87. The van der Waals surface area contributed by atoms with Gasteiger partial charge in [-0.1, -0.05) is 104 Å². The van der Waals surface area contributed by atoms with E-state index in [1.165, 1.54) is 27.8 Å². The Kier molecular flexibility index (Phi) is 9.94. The van der Waals surface area contributed by atoms with Gasteiger partial charge in [0.2, 0.25) is 0 Å². The number of aryl methyl sites for hydroxylation is 1. The fraction of sp³-hybridized carbons (Fsp3) is 0.250. The number of aromatic hydroxyl groups is 1. The minimum absolute atomic E-state index is 0.225. The quantitative estimate of drug-likeness (QED) is 0.331. The Labute approximate surface area is 210 Å². The van der Waals surface area contributed by atoms with Crippen LogP contribution in [-0.4, -0.2) is 18.8 Å². The van der Waals surface area contributed by atoms with E-state index in [0.29, 0.717) is 19.0 Å². The maximum absolute atomic E-state index is 9.61. The highest BCUT2D eigenvalue weighted by atomic mass is 16.5. The predicted molar refractivity (Wildman–Crippen MR) is 144 cm³/mol. The lowest BCUT2D eigenvalue weighted by atomic mass is 9.76. The first-order chi connectivity index (χ1) is 17.2. The van der Waals surface area contributed by atoms with E-state index in [-0.39, 0.29) is 11.8 Å². The van der Waals surface area contributed by atoms with E-state index < -0.39 is 0 Å². The number of methoxy groups -OCH3 is 1. The van der Waals surface area contributed by atoms with Crippen LogP contribution in [0.4, 0.5) is 0 Å². The van der Waals surface area contributed by atoms with E-state index in [4.69, 9.17) is 9.47 Å². The van der Waals surface area contributed by atoms with Gasteiger partial charge in [0.25, 0.3) is 0 Å². The molecule has 3 heteroatoms. The molecule has 2 atom stereocenters. The molecule has 0 aromatic heterocycles. The molecule has 0 bridgehead atoms. The molecule has 0 saturated heterocycles. The first-order valence-electron chi connectivity index (χ1n) is 12.3. The lowest BCUT2D eigenvalue weighted by molar-refractivity contribution is 0.185. The van der Waals surface area contributed by atoms with Gasteiger partial charge in [-0.05, 0) is 41.8 Å². The monoisotopic (exact) mass is 468 g/mol. The number of benzene rings is 4. The first-order valence-corrected chi connectivity index (χ1v) is 12.3. The Morgan fingerprint density at radius 2 is 1.40 bits per heavy atom. The molecule has 1 aliphatic rings. The van der Waals surface area contributed by atoms with Crippen LogP contribution < -0.4 is 4.74 Å². The Bertz CT molecular complexity index is 1140. The van der Waals surface area contributed by atoms with Gasteiger partial charge in [-0.3, -0.25) is 0 Å². The molecule has 1 N–H and O–H groups in total. The summed E-state index contributed by atoms with van der Waals surface area (Å²) in [4.78, 5) is 0. The Balaban J connectivity index is 0.000000240. The summed E-state index contributed by atoms with van der Waals surface area (Å²) in [6, 6.07) is 34.6. The molecule has 182 valence electrons. The molecule has 0 aliphatic carbocycles. The van der Waals surface area contributed by atoms with Gasteiger partial charge in [0.1, 0.15) is 11.5 Å². The summed E-state index contributed by atoms with van der Waals surface area (Å²) in [5.41, 5.74) is 6.21. The Morgan fingerprint density at radius 1 is 0.771 bits per heavy atom. The molecule has 0 fully saturated rings. The second-order valence-corrected chi connectivity index (χ2v) is 8.35. The molecule has 3 nitrogen and oxygen atoms in total. The van der Waals surface area contributed by atoms with Gasteiger partial charge in [-0.2, -0.15) is 0 Å². The van der Waals surface area contributed by atoms with Crippen LogP contribution in [0.3, 0.4) is 0 Å². The zero-order valence-corrected chi connectivity index (χ0v) is 21.1. The summed E-state index contributed by atoms with van der Waals surface area (Å²) in [7, 11) is 1.71. The molecule has 4 aromatic carbocycles. The van der Waals surface area contributed by atoms with Crippen molar-refractivity contribution in [1.82, 2.24) is 0 Å². The number of phenols is 1. The second-order valence-electron chi connectivity index (χ2n) is 8.35. The smallest absolute Gasteiger partial charge is 0.123 e. The van der Waals surface area contributed by atoms with Gasteiger partial charge in [0.05, 0.1) is 13.2 Å². The molecule has 0 amide bonds. The zero-order valence-electron chi connectivity index (χ0n) is 21.1. The standard InChI is InChI=1S/C21H18O2.C9H12O.C2H6/c22-17-12-10-16(11-13-17)21-18-8-4-5-9-20(18)23-14-19(21)15-6-2-1-3-7-15;1-8-3-5-9(6-4-8)7-10-2;1-2/h1-13,19,21-22H,14H2;3-6H,7H2,1-2H3;1-2H3. The third kappa shape index (κ3) is 6.97.